The van der Waals surface area contributed by atoms with Gasteiger partial charge in [-0.2, -0.15) is 0 Å². The Hall–Kier alpha value is -2.75. The summed E-state index contributed by atoms with van der Waals surface area (Å²) in [6, 6.07) is 12.6. The number of pyridine rings is 2. The Morgan fingerprint density at radius 1 is 1.05 bits per heavy atom. The topological polar surface area (TPSA) is 68.9 Å². The van der Waals surface area contributed by atoms with E-state index in [4.69, 9.17) is 5.73 Å². The van der Waals surface area contributed by atoms with Crippen LogP contribution in [-0.2, 0) is 0 Å². The van der Waals surface area contributed by atoms with Crippen LogP contribution in [0.3, 0.4) is 0 Å². The maximum Gasteiger partial charge on any atom is 0.211 e. The molecule has 0 aliphatic rings. The van der Waals surface area contributed by atoms with Crippen molar-refractivity contribution in [1.82, 2.24) is 9.97 Å². The largest absolute Gasteiger partial charge is 0.397 e. The fraction of sp³-hybridized carbons (Fsp3) is 0. The zero-order valence-electron chi connectivity index (χ0n) is 10.1. The number of nitrogens with two attached hydrogens (primary N) is 1. The molecule has 0 aliphatic carbocycles. The number of rotatable bonds is 2. The van der Waals surface area contributed by atoms with Gasteiger partial charge in [-0.05, 0) is 24.3 Å². The number of nitrogens with zero attached hydrogens (tertiary/aromatic N) is 2. The molecule has 0 radical (unpaired) electrons. The van der Waals surface area contributed by atoms with Gasteiger partial charge < -0.3 is 5.73 Å². The number of nitrogen functional groups attached to an aromatic ring is 1. The molecule has 0 amide bonds. The quantitative estimate of drug-likeness (QED) is 0.708. The summed E-state index contributed by atoms with van der Waals surface area (Å²) in [5.41, 5.74) is 7.84. The normalized spacial score (nSPS) is 10.5. The fourth-order valence-corrected chi connectivity index (χ4v) is 1.90. The number of aromatic nitrogens is 2. The third-order valence-corrected chi connectivity index (χ3v) is 2.89. The van der Waals surface area contributed by atoms with Crippen LogP contribution in [0.2, 0.25) is 0 Å². The average molecular weight is 249 g/mol. The monoisotopic (exact) mass is 249 g/mol. The summed E-state index contributed by atoms with van der Waals surface area (Å²) < 4.78 is 0. The Morgan fingerprint density at radius 3 is 2.74 bits per heavy atom. The van der Waals surface area contributed by atoms with E-state index >= 15 is 0 Å². The van der Waals surface area contributed by atoms with E-state index < -0.39 is 0 Å². The summed E-state index contributed by atoms with van der Waals surface area (Å²) in [6.07, 6.45) is 3.19. The summed E-state index contributed by atoms with van der Waals surface area (Å²) >= 11 is 0. The number of hydrogen-bond donors (Lipinski definition) is 1. The minimum Gasteiger partial charge on any atom is -0.397 e. The van der Waals surface area contributed by atoms with E-state index in [1.165, 1.54) is 6.20 Å². The molecule has 0 atom stereocenters. The van der Waals surface area contributed by atoms with Crippen LogP contribution in [0.25, 0.3) is 10.9 Å². The molecule has 0 aliphatic heterocycles. The number of ketones is 1. The molecular weight excluding hydrogens is 238 g/mol. The number of hydrogen-bond acceptors (Lipinski definition) is 4. The molecule has 0 spiro atoms. The summed E-state index contributed by atoms with van der Waals surface area (Å²) in [6.45, 7) is 0. The van der Waals surface area contributed by atoms with Crippen molar-refractivity contribution in [2.75, 3.05) is 5.73 Å². The molecule has 0 unspecified atom stereocenters. The summed E-state index contributed by atoms with van der Waals surface area (Å²) in [4.78, 5) is 20.5. The van der Waals surface area contributed by atoms with Gasteiger partial charge in [-0.1, -0.05) is 18.2 Å². The van der Waals surface area contributed by atoms with E-state index in [-0.39, 0.29) is 5.78 Å². The van der Waals surface area contributed by atoms with E-state index in [2.05, 4.69) is 9.97 Å². The highest BCUT2D eigenvalue weighted by molar-refractivity contribution is 6.09. The van der Waals surface area contributed by atoms with Gasteiger partial charge in [0.05, 0.1) is 17.4 Å². The first-order chi connectivity index (χ1) is 9.24. The first-order valence-corrected chi connectivity index (χ1v) is 5.85. The maximum atomic E-state index is 12.3. The standard InChI is InChI=1S/C15H11N3O/c16-12-5-6-13(18-9-12)15(19)11-4-3-10-2-1-7-17-14(10)8-11/h1-9H,16H2. The van der Waals surface area contributed by atoms with Gasteiger partial charge in [0.2, 0.25) is 5.78 Å². The first-order valence-electron chi connectivity index (χ1n) is 5.85. The second kappa shape index (κ2) is 4.49. The summed E-state index contributed by atoms with van der Waals surface area (Å²) in [5.74, 6) is -0.132. The van der Waals surface area contributed by atoms with Crippen molar-refractivity contribution in [2.45, 2.75) is 0 Å². The Kier molecular flexibility index (Phi) is 2.68. The lowest BCUT2D eigenvalue weighted by molar-refractivity contribution is 0.103. The smallest absolute Gasteiger partial charge is 0.211 e. The van der Waals surface area contributed by atoms with Crippen molar-refractivity contribution >= 4 is 22.4 Å². The highest BCUT2D eigenvalue weighted by atomic mass is 16.1. The molecule has 3 rings (SSSR count). The van der Waals surface area contributed by atoms with Crippen molar-refractivity contribution in [2.24, 2.45) is 0 Å². The highest BCUT2D eigenvalue weighted by Gasteiger charge is 2.10. The second-order valence-corrected chi connectivity index (χ2v) is 4.22. The highest BCUT2D eigenvalue weighted by Crippen LogP contribution is 2.16. The predicted octanol–water partition coefficient (Wildman–Crippen LogP) is 2.44. The summed E-state index contributed by atoms with van der Waals surface area (Å²) in [7, 11) is 0. The molecule has 2 aromatic heterocycles. The van der Waals surface area contributed by atoms with Crippen molar-refractivity contribution < 1.29 is 4.79 Å². The second-order valence-electron chi connectivity index (χ2n) is 4.22. The van der Waals surface area contributed by atoms with Crippen molar-refractivity contribution in [3.63, 3.8) is 0 Å². The number of benzene rings is 1. The average Bonchev–Trinajstić information content (AvgIpc) is 2.47. The number of anilines is 1. The molecule has 92 valence electrons. The molecule has 3 aromatic rings. The van der Waals surface area contributed by atoms with E-state index in [0.717, 1.165) is 10.9 Å². The number of carbonyl (C=O) groups is 1. The number of carbonyl (C=O) groups excluding carboxylic acids is 1. The van der Waals surface area contributed by atoms with Gasteiger partial charge >= 0.3 is 0 Å². The van der Waals surface area contributed by atoms with Gasteiger partial charge in [0, 0.05) is 17.1 Å². The van der Waals surface area contributed by atoms with Gasteiger partial charge in [0.25, 0.3) is 0 Å². The van der Waals surface area contributed by atoms with Gasteiger partial charge in [0.1, 0.15) is 5.69 Å². The van der Waals surface area contributed by atoms with E-state index in [9.17, 15) is 4.79 Å². The lowest BCUT2D eigenvalue weighted by atomic mass is 10.1. The first kappa shape index (κ1) is 11.3. The van der Waals surface area contributed by atoms with Gasteiger partial charge in [-0.3, -0.25) is 14.8 Å². The lowest BCUT2D eigenvalue weighted by Crippen LogP contribution is -2.04. The molecule has 2 heterocycles. The van der Waals surface area contributed by atoms with Crippen molar-refractivity contribution in [3.8, 4) is 0 Å². The lowest BCUT2D eigenvalue weighted by Gasteiger charge is -2.02. The SMILES string of the molecule is Nc1ccc(C(=O)c2ccc3cccnc3c2)nc1. The zero-order chi connectivity index (χ0) is 13.2. The molecule has 0 fully saturated rings. The molecule has 4 nitrogen and oxygen atoms in total. The molecule has 2 N–H and O–H groups in total. The van der Waals surface area contributed by atoms with Crippen LogP contribution in [0.15, 0.2) is 54.9 Å². The minimum absolute atomic E-state index is 0.132. The van der Waals surface area contributed by atoms with Crippen LogP contribution in [-0.4, -0.2) is 15.8 Å². The van der Waals surface area contributed by atoms with E-state index in [1.807, 2.05) is 18.2 Å². The molecule has 19 heavy (non-hydrogen) atoms. The maximum absolute atomic E-state index is 12.3. The Labute approximate surface area is 109 Å². The zero-order valence-corrected chi connectivity index (χ0v) is 10.1. The molecule has 0 saturated heterocycles. The molecule has 0 saturated carbocycles. The minimum atomic E-state index is -0.132. The van der Waals surface area contributed by atoms with Gasteiger partial charge in [-0.15, -0.1) is 0 Å². The molecule has 1 aromatic carbocycles. The molecular formula is C15H11N3O. The molecule has 0 bridgehead atoms. The van der Waals surface area contributed by atoms with Crippen LogP contribution in [0.5, 0.6) is 0 Å². The third kappa shape index (κ3) is 2.15. The van der Waals surface area contributed by atoms with E-state index in [0.29, 0.717) is 16.9 Å². The Morgan fingerprint density at radius 2 is 1.95 bits per heavy atom. The van der Waals surface area contributed by atoms with Gasteiger partial charge in [-0.25, -0.2) is 0 Å². The van der Waals surface area contributed by atoms with Crippen LogP contribution in [0.4, 0.5) is 5.69 Å². The Balaban J connectivity index is 2.04. The van der Waals surface area contributed by atoms with Crippen molar-refractivity contribution in [1.29, 1.82) is 0 Å². The van der Waals surface area contributed by atoms with Crippen molar-refractivity contribution in [3.05, 3.63) is 66.1 Å². The molecule has 4 heteroatoms. The Bertz CT molecular complexity index is 751. The third-order valence-electron chi connectivity index (χ3n) is 2.89. The summed E-state index contributed by atoms with van der Waals surface area (Å²) in [5, 5.41) is 1.00. The van der Waals surface area contributed by atoms with E-state index in [1.54, 1.807) is 30.5 Å². The predicted molar refractivity (Wildman–Crippen MR) is 73.8 cm³/mol. The van der Waals surface area contributed by atoms with Crippen LogP contribution in [0, 0.1) is 0 Å². The van der Waals surface area contributed by atoms with Crippen LogP contribution >= 0.6 is 0 Å². The number of fused-ring (bicyclic) bond motifs is 1. The fourth-order valence-electron chi connectivity index (χ4n) is 1.90. The van der Waals surface area contributed by atoms with Crippen LogP contribution < -0.4 is 5.73 Å². The van der Waals surface area contributed by atoms with Gasteiger partial charge in [0.15, 0.2) is 0 Å². The van der Waals surface area contributed by atoms with Crippen LogP contribution in [0.1, 0.15) is 16.1 Å².